The largest absolute Gasteiger partial charge is 0.394 e. The Balaban J connectivity index is 1.99. The van der Waals surface area contributed by atoms with Crippen LogP contribution in [0.4, 0.5) is 11.5 Å². The summed E-state index contributed by atoms with van der Waals surface area (Å²) in [6, 6.07) is 0. The van der Waals surface area contributed by atoms with Crippen LogP contribution in [-0.4, -0.2) is 16.5 Å². The number of nitrogens with zero attached hydrogens (tertiary/aromatic N) is 2. The summed E-state index contributed by atoms with van der Waals surface area (Å²) in [5.74, 6) is 2.23. The van der Waals surface area contributed by atoms with E-state index in [9.17, 15) is 0 Å². The molecule has 4 nitrogen and oxygen atoms in total. The lowest BCUT2D eigenvalue weighted by molar-refractivity contribution is 0.536. The highest BCUT2D eigenvalue weighted by atomic mass is 35.5. The molecule has 0 saturated heterocycles. The standard InChI is InChI=1S/C12H19ClN4/c1-7-3-4-9(5-7)6-15-11-10(14)8(2)16-12(13)17-11/h7,9H,3-6,14H2,1-2H3,(H,15,16,17). The van der Waals surface area contributed by atoms with E-state index in [1.807, 2.05) is 6.92 Å². The number of aryl methyl sites for hydroxylation is 1. The van der Waals surface area contributed by atoms with Gasteiger partial charge in [0.1, 0.15) is 0 Å². The van der Waals surface area contributed by atoms with Crippen LogP contribution in [0, 0.1) is 18.8 Å². The number of nitrogen functional groups attached to an aromatic ring is 1. The molecule has 0 aromatic carbocycles. The Morgan fingerprint density at radius 2 is 2.18 bits per heavy atom. The van der Waals surface area contributed by atoms with Crippen LogP contribution in [0.2, 0.25) is 5.28 Å². The summed E-state index contributed by atoms with van der Waals surface area (Å²) in [4.78, 5) is 8.15. The predicted molar refractivity (Wildman–Crippen MR) is 71.2 cm³/mol. The number of aromatic nitrogens is 2. The molecule has 2 rings (SSSR count). The number of hydrogen-bond donors (Lipinski definition) is 2. The van der Waals surface area contributed by atoms with Crippen molar-refractivity contribution in [1.82, 2.24) is 9.97 Å². The maximum absolute atomic E-state index is 5.92. The zero-order chi connectivity index (χ0) is 12.4. The Morgan fingerprint density at radius 1 is 1.41 bits per heavy atom. The molecule has 1 aromatic heterocycles. The Morgan fingerprint density at radius 3 is 2.82 bits per heavy atom. The Kier molecular flexibility index (Phi) is 3.72. The fraction of sp³-hybridized carbons (Fsp3) is 0.667. The molecule has 1 aliphatic rings. The summed E-state index contributed by atoms with van der Waals surface area (Å²) < 4.78 is 0. The van der Waals surface area contributed by atoms with Gasteiger partial charge < -0.3 is 11.1 Å². The summed E-state index contributed by atoms with van der Waals surface area (Å²) in [5, 5.41) is 3.55. The van der Waals surface area contributed by atoms with Gasteiger partial charge in [-0.1, -0.05) is 13.3 Å². The molecule has 5 heteroatoms. The minimum Gasteiger partial charge on any atom is -0.394 e. The number of anilines is 2. The van der Waals surface area contributed by atoms with Crippen molar-refractivity contribution in [2.45, 2.75) is 33.1 Å². The second-order valence-corrected chi connectivity index (χ2v) is 5.34. The first-order chi connectivity index (χ1) is 8.06. The molecule has 0 radical (unpaired) electrons. The predicted octanol–water partition coefficient (Wildman–Crippen LogP) is 2.87. The maximum Gasteiger partial charge on any atom is 0.224 e. The van der Waals surface area contributed by atoms with Gasteiger partial charge in [0.15, 0.2) is 5.82 Å². The zero-order valence-corrected chi connectivity index (χ0v) is 11.1. The highest BCUT2D eigenvalue weighted by Crippen LogP contribution is 2.31. The second kappa shape index (κ2) is 5.08. The SMILES string of the molecule is Cc1nc(Cl)nc(NCC2CCC(C)C2)c1N. The van der Waals surface area contributed by atoms with E-state index in [2.05, 4.69) is 22.2 Å². The number of hydrogen-bond acceptors (Lipinski definition) is 4. The summed E-state index contributed by atoms with van der Waals surface area (Å²) in [5.41, 5.74) is 7.24. The average Bonchev–Trinajstić information content (AvgIpc) is 2.67. The molecule has 1 fully saturated rings. The van der Waals surface area contributed by atoms with Crippen molar-refractivity contribution < 1.29 is 0 Å². The topological polar surface area (TPSA) is 63.8 Å². The van der Waals surface area contributed by atoms with Gasteiger partial charge in [0.25, 0.3) is 0 Å². The van der Waals surface area contributed by atoms with Crippen molar-refractivity contribution in [2.24, 2.45) is 11.8 Å². The van der Waals surface area contributed by atoms with Gasteiger partial charge in [-0.25, -0.2) is 4.98 Å². The first-order valence-corrected chi connectivity index (χ1v) is 6.47. The van der Waals surface area contributed by atoms with Gasteiger partial charge in [-0.2, -0.15) is 4.98 Å². The fourth-order valence-electron chi connectivity index (χ4n) is 2.43. The normalized spacial score (nSPS) is 23.9. The average molecular weight is 255 g/mol. The minimum atomic E-state index is 0.249. The first-order valence-electron chi connectivity index (χ1n) is 6.09. The van der Waals surface area contributed by atoms with Gasteiger partial charge in [0, 0.05) is 6.54 Å². The van der Waals surface area contributed by atoms with Gasteiger partial charge >= 0.3 is 0 Å². The van der Waals surface area contributed by atoms with E-state index in [-0.39, 0.29) is 5.28 Å². The van der Waals surface area contributed by atoms with Gasteiger partial charge in [-0.15, -0.1) is 0 Å². The summed E-state index contributed by atoms with van der Waals surface area (Å²) in [6.45, 7) is 5.06. The molecule has 94 valence electrons. The van der Waals surface area contributed by atoms with Crippen molar-refractivity contribution in [3.8, 4) is 0 Å². The van der Waals surface area contributed by atoms with Crippen LogP contribution < -0.4 is 11.1 Å². The lowest BCUT2D eigenvalue weighted by Gasteiger charge is -2.14. The Hall–Kier alpha value is -1.03. The highest BCUT2D eigenvalue weighted by Gasteiger charge is 2.21. The number of nitrogens with one attached hydrogen (secondary N) is 1. The molecule has 1 aromatic rings. The quantitative estimate of drug-likeness (QED) is 0.815. The molecule has 3 N–H and O–H groups in total. The second-order valence-electron chi connectivity index (χ2n) is 5.01. The molecule has 1 saturated carbocycles. The van der Waals surface area contributed by atoms with E-state index in [4.69, 9.17) is 17.3 Å². The molecule has 0 aliphatic heterocycles. The summed E-state index contributed by atoms with van der Waals surface area (Å²) >= 11 is 5.82. The van der Waals surface area contributed by atoms with Crippen LogP contribution in [0.1, 0.15) is 31.9 Å². The first kappa shape index (κ1) is 12.4. The number of nitrogens with two attached hydrogens (primary N) is 1. The van der Waals surface area contributed by atoms with Gasteiger partial charge in [0.2, 0.25) is 5.28 Å². The summed E-state index contributed by atoms with van der Waals surface area (Å²) in [7, 11) is 0. The van der Waals surface area contributed by atoms with Crippen molar-refractivity contribution in [3.63, 3.8) is 0 Å². The smallest absolute Gasteiger partial charge is 0.224 e. The van der Waals surface area contributed by atoms with Crippen molar-refractivity contribution in [2.75, 3.05) is 17.6 Å². The molecule has 0 bridgehead atoms. The Labute approximate surface area is 107 Å². The lowest BCUT2D eigenvalue weighted by atomic mass is 10.1. The molecule has 1 aliphatic carbocycles. The van der Waals surface area contributed by atoms with E-state index in [0.717, 1.165) is 24.1 Å². The molecular weight excluding hydrogens is 236 g/mol. The van der Waals surface area contributed by atoms with Crippen molar-refractivity contribution >= 4 is 23.1 Å². The lowest BCUT2D eigenvalue weighted by Crippen LogP contribution is -2.14. The van der Waals surface area contributed by atoms with Crippen LogP contribution in [0.3, 0.4) is 0 Å². The highest BCUT2D eigenvalue weighted by molar-refractivity contribution is 6.28. The van der Waals surface area contributed by atoms with Crippen LogP contribution >= 0.6 is 11.6 Å². The fourth-order valence-corrected chi connectivity index (χ4v) is 2.64. The van der Waals surface area contributed by atoms with E-state index >= 15 is 0 Å². The Bertz CT molecular complexity index is 408. The number of halogens is 1. The maximum atomic E-state index is 5.92. The monoisotopic (exact) mass is 254 g/mol. The van der Waals surface area contributed by atoms with Crippen LogP contribution in [0.15, 0.2) is 0 Å². The molecule has 0 spiro atoms. The van der Waals surface area contributed by atoms with E-state index in [1.165, 1.54) is 19.3 Å². The van der Waals surface area contributed by atoms with Crippen LogP contribution in [-0.2, 0) is 0 Å². The van der Waals surface area contributed by atoms with E-state index in [0.29, 0.717) is 11.5 Å². The molecule has 17 heavy (non-hydrogen) atoms. The third-order valence-electron chi connectivity index (χ3n) is 3.47. The van der Waals surface area contributed by atoms with Crippen LogP contribution in [0.25, 0.3) is 0 Å². The van der Waals surface area contributed by atoms with Gasteiger partial charge in [-0.05, 0) is 43.2 Å². The minimum absolute atomic E-state index is 0.249. The van der Waals surface area contributed by atoms with Gasteiger partial charge in [-0.3, -0.25) is 0 Å². The zero-order valence-electron chi connectivity index (χ0n) is 10.3. The molecule has 1 heterocycles. The van der Waals surface area contributed by atoms with Crippen molar-refractivity contribution in [1.29, 1.82) is 0 Å². The van der Waals surface area contributed by atoms with Crippen LogP contribution in [0.5, 0.6) is 0 Å². The molecule has 2 atom stereocenters. The van der Waals surface area contributed by atoms with Gasteiger partial charge in [0.05, 0.1) is 11.4 Å². The third-order valence-corrected chi connectivity index (χ3v) is 3.64. The number of rotatable bonds is 3. The van der Waals surface area contributed by atoms with E-state index in [1.54, 1.807) is 0 Å². The van der Waals surface area contributed by atoms with Crippen molar-refractivity contribution in [3.05, 3.63) is 11.0 Å². The molecule has 0 amide bonds. The summed E-state index contributed by atoms with van der Waals surface area (Å²) in [6.07, 6.45) is 3.89. The van der Waals surface area contributed by atoms with E-state index < -0.39 is 0 Å². The molecule has 2 unspecified atom stereocenters. The molecular formula is C12H19ClN4. The third kappa shape index (κ3) is 3.00.